The molecule has 1 aliphatic heterocycles. The first-order valence-corrected chi connectivity index (χ1v) is 3.91. The topological polar surface area (TPSA) is 84.6 Å². The number of aliphatic hydroxyl groups is 1. The Morgan fingerprint density at radius 1 is 1.83 bits per heavy atom. The van der Waals surface area contributed by atoms with Crippen LogP contribution in [0.15, 0.2) is 0 Å². The van der Waals surface area contributed by atoms with Crippen LogP contribution >= 0.6 is 0 Å². The van der Waals surface area contributed by atoms with Crippen LogP contribution in [0, 0.1) is 0 Å². The van der Waals surface area contributed by atoms with E-state index in [2.05, 4.69) is 5.32 Å². The van der Waals surface area contributed by atoms with Gasteiger partial charge in [0.1, 0.15) is 6.10 Å². The largest absolute Gasteiger partial charge is 0.389 e. The van der Waals surface area contributed by atoms with Gasteiger partial charge in [-0.1, -0.05) is 0 Å². The normalized spacial score (nSPS) is 35.1. The van der Waals surface area contributed by atoms with E-state index in [1.165, 1.54) is 6.92 Å². The first-order chi connectivity index (χ1) is 5.61. The number of ether oxygens (including phenoxy) is 1. The van der Waals surface area contributed by atoms with Gasteiger partial charge in [0.15, 0.2) is 0 Å². The fourth-order valence-electron chi connectivity index (χ4n) is 1.13. The monoisotopic (exact) mass is 174 g/mol. The van der Waals surface area contributed by atoms with Crippen molar-refractivity contribution in [2.24, 2.45) is 5.73 Å². The molecule has 0 radical (unpaired) electrons. The highest BCUT2D eigenvalue weighted by Gasteiger charge is 2.32. The minimum absolute atomic E-state index is 0.133. The molecule has 4 N–H and O–H groups in total. The second kappa shape index (κ2) is 3.84. The number of hydrogen-bond donors (Lipinski definition) is 3. The maximum atomic E-state index is 10.5. The zero-order chi connectivity index (χ0) is 9.14. The van der Waals surface area contributed by atoms with Gasteiger partial charge in [-0.15, -0.1) is 0 Å². The van der Waals surface area contributed by atoms with Gasteiger partial charge in [0.2, 0.25) is 5.91 Å². The molecule has 0 saturated carbocycles. The van der Waals surface area contributed by atoms with E-state index in [9.17, 15) is 9.90 Å². The van der Waals surface area contributed by atoms with E-state index in [-0.39, 0.29) is 18.1 Å². The molecule has 0 aromatic heterocycles. The standard InChI is InChI=1S/C7H14N2O3/c1-4(10)9-2-6-7(11)5(8)3-12-6/h5-7,11H,2-3,8H2,1H3,(H,9,10)/t5-,6-,7+/m1/s1. The second-order valence-corrected chi connectivity index (χ2v) is 2.96. The molecule has 1 fully saturated rings. The molecular weight excluding hydrogens is 160 g/mol. The highest BCUT2D eigenvalue weighted by atomic mass is 16.5. The third-order valence-electron chi connectivity index (χ3n) is 1.87. The smallest absolute Gasteiger partial charge is 0.216 e. The summed E-state index contributed by atoms with van der Waals surface area (Å²) in [4.78, 5) is 10.5. The Balaban J connectivity index is 2.29. The number of carbonyl (C=O) groups excluding carboxylic acids is 1. The Morgan fingerprint density at radius 2 is 2.50 bits per heavy atom. The second-order valence-electron chi connectivity index (χ2n) is 2.96. The van der Waals surface area contributed by atoms with Crippen molar-refractivity contribution in [1.82, 2.24) is 5.32 Å². The number of nitrogens with two attached hydrogens (primary N) is 1. The van der Waals surface area contributed by atoms with Crippen molar-refractivity contribution >= 4 is 5.91 Å². The Hall–Kier alpha value is -0.650. The van der Waals surface area contributed by atoms with Crippen LogP contribution in [0.1, 0.15) is 6.92 Å². The van der Waals surface area contributed by atoms with Crippen LogP contribution in [-0.2, 0) is 9.53 Å². The molecule has 5 nitrogen and oxygen atoms in total. The average Bonchev–Trinajstić information content (AvgIpc) is 2.30. The van der Waals surface area contributed by atoms with Gasteiger partial charge in [0, 0.05) is 13.5 Å². The SMILES string of the molecule is CC(=O)NC[C@H]1OC[C@@H](N)[C@@H]1O. The van der Waals surface area contributed by atoms with Crippen molar-refractivity contribution in [2.45, 2.75) is 25.2 Å². The number of hydrogen-bond acceptors (Lipinski definition) is 4. The van der Waals surface area contributed by atoms with E-state index < -0.39 is 6.10 Å². The van der Waals surface area contributed by atoms with E-state index in [0.29, 0.717) is 13.2 Å². The summed E-state index contributed by atoms with van der Waals surface area (Å²) < 4.78 is 5.14. The number of aliphatic hydroxyl groups excluding tert-OH is 1. The molecule has 0 bridgehead atoms. The lowest BCUT2D eigenvalue weighted by Crippen LogP contribution is -2.41. The van der Waals surface area contributed by atoms with Crippen LogP contribution in [0.4, 0.5) is 0 Å². The van der Waals surface area contributed by atoms with Crippen LogP contribution in [0.25, 0.3) is 0 Å². The van der Waals surface area contributed by atoms with Gasteiger partial charge < -0.3 is 20.9 Å². The molecule has 3 atom stereocenters. The molecule has 1 aliphatic rings. The Bertz CT molecular complexity index is 174. The number of nitrogens with one attached hydrogen (secondary N) is 1. The van der Waals surface area contributed by atoms with Gasteiger partial charge in [0.05, 0.1) is 18.8 Å². The lowest BCUT2D eigenvalue weighted by molar-refractivity contribution is -0.119. The van der Waals surface area contributed by atoms with Crippen LogP contribution in [0.2, 0.25) is 0 Å². The summed E-state index contributed by atoms with van der Waals surface area (Å²) in [5.74, 6) is -0.133. The minimum atomic E-state index is -0.670. The molecule has 0 aromatic rings. The summed E-state index contributed by atoms with van der Waals surface area (Å²) in [5, 5.41) is 11.9. The highest BCUT2D eigenvalue weighted by molar-refractivity contribution is 5.72. The van der Waals surface area contributed by atoms with E-state index in [4.69, 9.17) is 10.5 Å². The van der Waals surface area contributed by atoms with Gasteiger partial charge in [-0.3, -0.25) is 4.79 Å². The van der Waals surface area contributed by atoms with Crippen LogP contribution in [-0.4, -0.2) is 42.4 Å². The Labute approximate surface area is 70.9 Å². The summed E-state index contributed by atoms with van der Waals surface area (Å²) in [6.45, 7) is 2.09. The average molecular weight is 174 g/mol. The molecule has 70 valence electrons. The fraction of sp³-hybridized carbons (Fsp3) is 0.857. The van der Waals surface area contributed by atoms with E-state index >= 15 is 0 Å². The van der Waals surface area contributed by atoms with Crippen molar-refractivity contribution in [3.8, 4) is 0 Å². The zero-order valence-electron chi connectivity index (χ0n) is 6.99. The molecule has 1 rings (SSSR count). The fourth-order valence-corrected chi connectivity index (χ4v) is 1.13. The third-order valence-corrected chi connectivity index (χ3v) is 1.87. The molecule has 0 aliphatic carbocycles. The summed E-state index contributed by atoms with van der Waals surface area (Å²) in [7, 11) is 0. The lowest BCUT2D eigenvalue weighted by atomic mass is 10.1. The molecule has 0 spiro atoms. The first kappa shape index (κ1) is 9.44. The number of carbonyl (C=O) groups is 1. The molecule has 1 saturated heterocycles. The number of rotatable bonds is 2. The van der Waals surface area contributed by atoms with Crippen LogP contribution in [0.5, 0.6) is 0 Å². The van der Waals surface area contributed by atoms with Gasteiger partial charge in [-0.25, -0.2) is 0 Å². The van der Waals surface area contributed by atoms with Crippen LogP contribution < -0.4 is 11.1 Å². The van der Waals surface area contributed by atoms with Gasteiger partial charge in [-0.2, -0.15) is 0 Å². The van der Waals surface area contributed by atoms with E-state index in [0.717, 1.165) is 0 Å². The molecule has 0 aromatic carbocycles. The van der Waals surface area contributed by atoms with Gasteiger partial charge in [0.25, 0.3) is 0 Å². The Morgan fingerprint density at radius 3 is 2.92 bits per heavy atom. The highest BCUT2D eigenvalue weighted by Crippen LogP contribution is 2.11. The van der Waals surface area contributed by atoms with E-state index in [1.807, 2.05) is 0 Å². The van der Waals surface area contributed by atoms with Crippen molar-refractivity contribution in [3.63, 3.8) is 0 Å². The summed E-state index contributed by atoms with van der Waals surface area (Å²) in [6.07, 6.45) is -1.03. The third kappa shape index (κ3) is 2.17. The maximum absolute atomic E-state index is 10.5. The molecule has 0 unspecified atom stereocenters. The first-order valence-electron chi connectivity index (χ1n) is 3.91. The van der Waals surface area contributed by atoms with E-state index in [1.54, 1.807) is 0 Å². The predicted molar refractivity (Wildman–Crippen MR) is 42.4 cm³/mol. The zero-order valence-corrected chi connectivity index (χ0v) is 6.99. The predicted octanol–water partition coefficient (Wildman–Crippen LogP) is -1.79. The molecular formula is C7H14N2O3. The van der Waals surface area contributed by atoms with Crippen LogP contribution in [0.3, 0.4) is 0 Å². The van der Waals surface area contributed by atoms with Gasteiger partial charge in [-0.05, 0) is 0 Å². The van der Waals surface area contributed by atoms with Crippen molar-refractivity contribution in [1.29, 1.82) is 0 Å². The Kier molecular flexibility index (Phi) is 3.02. The van der Waals surface area contributed by atoms with Gasteiger partial charge >= 0.3 is 0 Å². The summed E-state index contributed by atoms with van der Waals surface area (Å²) in [5.41, 5.74) is 5.49. The molecule has 12 heavy (non-hydrogen) atoms. The minimum Gasteiger partial charge on any atom is -0.389 e. The van der Waals surface area contributed by atoms with Crippen molar-refractivity contribution in [2.75, 3.05) is 13.2 Å². The van der Waals surface area contributed by atoms with Crippen molar-refractivity contribution in [3.05, 3.63) is 0 Å². The number of amides is 1. The molecule has 1 heterocycles. The molecule has 1 amide bonds. The maximum Gasteiger partial charge on any atom is 0.216 e. The summed E-state index contributed by atoms with van der Waals surface area (Å²) in [6, 6.07) is -0.330. The quantitative estimate of drug-likeness (QED) is 0.461. The molecule has 5 heteroatoms. The van der Waals surface area contributed by atoms with Crippen molar-refractivity contribution < 1.29 is 14.6 Å². The summed E-state index contributed by atoms with van der Waals surface area (Å²) >= 11 is 0. The lowest BCUT2D eigenvalue weighted by Gasteiger charge is -2.14.